The molecule has 0 aliphatic carbocycles. The number of sulfonamides is 1. The number of hydrogen-bond donors (Lipinski definition) is 1. The number of nitrogens with one attached hydrogen (secondary N) is 1. The van der Waals surface area contributed by atoms with Crippen LogP contribution in [0.3, 0.4) is 0 Å². The van der Waals surface area contributed by atoms with Gasteiger partial charge in [-0.2, -0.15) is 0 Å². The lowest BCUT2D eigenvalue weighted by atomic mass is 10.2. The quantitative estimate of drug-likeness (QED) is 0.860. The number of anilines is 1. The molecule has 1 rings (SSSR count). The molecule has 0 unspecified atom stereocenters. The Balaban J connectivity index is 2.86. The van der Waals surface area contributed by atoms with Gasteiger partial charge < -0.3 is 4.74 Å². The minimum absolute atomic E-state index is 0.446. The van der Waals surface area contributed by atoms with Gasteiger partial charge in [-0.3, -0.25) is 4.72 Å². The van der Waals surface area contributed by atoms with E-state index in [0.717, 1.165) is 5.56 Å². The van der Waals surface area contributed by atoms with Gasteiger partial charge >= 0.3 is 0 Å². The smallest absolute Gasteiger partial charge is 0.235 e. The first-order valence-corrected chi connectivity index (χ1v) is 6.60. The molecule has 1 N–H and O–H groups in total. The van der Waals surface area contributed by atoms with Crippen molar-refractivity contribution >= 4 is 15.7 Å². The highest BCUT2D eigenvalue weighted by Gasteiger charge is 2.15. The van der Waals surface area contributed by atoms with Crippen molar-refractivity contribution < 1.29 is 13.2 Å². The monoisotopic (exact) mass is 243 g/mol. The normalized spacial score (nSPS) is 11.8. The van der Waals surface area contributed by atoms with Gasteiger partial charge in [0.05, 0.1) is 11.9 Å². The summed E-state index contributed by atoms with van der Waals surface area (Å²) in [5, 5.41) is -0.446. The fourth-order valence-corrected chi connectivity index (χ4v) is 1.86. The molecule has 0 aliphatic heterocycles. The molecule has 16 heavy (non-hydrogen) atoms. The van der Waals surface area contributed by atoms with Crippen molar-refractivity contribution in [2.75, 3.05) is 11.8 Å². The zero-order chi connectivity index (χ0) is 12.2. The second-order valence-electron chi connectivity index (χ2n) is 3.83. The molecule has 0 heterocycles. The molecule has 5 heteroatoms. The lowest BCUT2D eigenvalue weighted by Gasteiger charge is -2.11. The van der Waals surface area contributed by atoms with Crippen molar-refractivity contribution in [1.82, 2.24) is 0 Å². The summed E-state index contributed by atoms with van der Waals surface area (Å²) in [7, 11) is -1.67. The third kappa shape index (κ3) is 3.50. The Labute approximate surface area is 96.7 Å². The van der Waals surface area contributed by atoms with Crippen molar-refractivity contribution in [2.45, 2.75) is 25.7 Å². The molecular formula is C11H17NO3S. The van der Waals surface area contributed by atoms with Crippen molar-refractivity contribution in [3.8, 4) is 0 Å². The molecule has 0 spiro atoms. The third-order valence-electron chi connectivity index (χ3n) is 2.12. The fourth-order valence-electron chi connectivity index (χ4n) is 1.17. The van der Waals surface area contributed by atoms with Crippen LogP contribution in [0.4, 0.5) is 5.69 Å². The lowest BCUT2D eigenvalue weighted by molar-refractivity contribution is 0.185. The van der Waals surface area contributed by atoms with Gasteiger partial charge in [0.2, 0.25) is 10.0 Å². The number of benzene rings is 1. The van der Waals surface area contributed by atoms with Gasteiger partial charge in [0.25, 0.3) is 0 Å². The summed E-state index contributed by atoms with van der Waals surface area (Å²) in [6.45, 7) is 3.75. The van der Waals surface area contributed by atoms with Crippen LogP contribution in [-0.2, 0) is 21.4 Å². The largest absolute Gasteiger partial charge is 0.380 e. The van der Waals surface area contributed by atoms with E-state index in [1.807, 2.05) is 6.07 Å². The predicted molar refractivity (Wildman–Crippen MR) is 64.8 cm³/mol. The summed E-state index contributed by atoms with van der Waals surface area (Å²) < 4.78 is 30.8. The lowest BCUT2D eigenvalue weighted by Crippen LogP contribution is -2.22. The Morgan fingerprint density at radius 1 is 1.38 bits per heavy atom. The van der Waals surface area contributed by atoms with Crippen molar-refractivity contribution in [3.05, 3.63) is 29.8 Å². The Morgan fingerprint density at radius 2 is 2.06 bits per heavy atom. The molecular weight excluding hydrogens is 226 g/mol. The Bertz CT molecular complexity index is 440. The van der Waals surface area contributed by atoms with E-state index in [0.29, 0.717) is 12.3 Å². The maximum Gasteiger partial charge on any atom is 0.235 e. The molecule has 1 aromatic carbocycles. The van der Waals surface area contributed by atoms with Crippen LogP contribution in [0.1, 0.15) is 19.4 Å². The summed E-state index contributed by atoms with van der Waals surface area (Å²) in [4.78, 5) is 0. The molecule has 0 radical (unpaired) electrons. The number of rotatable bonds is 5. The minimum Gasteiger partial charge on any atom is -0.380 e. The average Bonchev–Trinajstić information content (AvgIpc) is 2.17. The number of methoxy groups -OCH3 is 1. The maximum atomic E-state index is 11.6. The minimum atomic E-state index is -3.27. The van der Waals surface area contributed by atoms with Crippen LogP contribution in [0.15, 0.2) is 24.3 Å². The van der Waals surface area contributed by atoms with Crippen LogP contribution in [0, 0.1) is 0 Å². The van der Waals surface area contributed by atoms with Crippen LogP contribution in [0.2, 0.25) is 0 Å². The van der Waals surface area contributed by atoms with E-state index >= 15 is 0 Å². The first-order valence-electron chi connectivity index (χ1n) is 5.05. The van der Waals surface area contributed by atoms with Crippen molar-refractivity contribution in [1.29, 1.82) is 0 Å². The van der Waals surface area contributed by atoms with Gasteiger partial charge in [-0.25, -0.2) is 8.42 Å². The molecule has 0 bridgehead atoms. The zero-order valence-electron chi connectivity index (χ0n) is 9.73. The highest BCUT2D eigenvalue weighted by Crippen LogP contribution is 2.14. The number of ether oxygens (including phenoxy) is 1. The first-order chi connectivity index (χ1) is 7.45. The molecule has 0 saturated heterocycles. The van der Waals surface area contributed by atoms with Gasteiger partial charge in [-0.1, -0.05) is 12.1 Å². The van der Waals surface area contributed by atoms with E-state index in [1.54, 1.807) is 39.2 Å². The van der Waals surface area contributed by atoms with Crippen molar-refractivity contribution in [3.63, 3.8) is 0 Å². The molecule has 4 nitrogen and oxygen atoms in total. The van der Waals surface area contributed by atoms with Gasteiger partial charge in [-0.15, -0.1) is 0 Å². The second-order valence-corrected chi connectivity index (χ2v) is 6.07. The van der Waals surface area contributed by atoms with E-state index in [2.05, 4.69) is 4.72 Å². The van der Waals surface area contributed by atoms with Crippen LogP contribution in [-0.4, -0.2) is 20.8 Å². The summed E-state index contributed by atoms with van der Waals surface area (Å²) in [5.74, 6) is 0. The Kier molecular flexibility index (Phi) is 4.32. The summed E-state index contributed by atoms with van der Waals surface area (Å²) >= 11 is 0. The van der Waals surface area contributed by atoms with Crippen LogP contribution in [0.25, 0.3) is 0 Å². The topological polar surface area (TPSA) is 55.4 Å². The van der Waals surface area contributed by atoms with Crippen LogP contribution in [0.5, 0.6) is 0 Å². The van der Waals surface area contributed by atoms with E-state index in [4.69, 9.17) is 4.74 Å². The maximum absolute atomic E-state index is 11.6. The van der Waals surface area contributed by atoms with E-state index in [1.165, 1.54) is 0 Å². The van der Waals surface area contributed by atoms with E-state index in [9.17, 15) is 8.42 Å². The van der Waals surface area contributed by atoms with Gasteiger partial charge in [-0.05, 0) is 31.5 Å². The molecule has 0 atom stereocenters. The molecule has 0 amide bonds. The summed E-state index contributed by atoms with van der Waals surface area (Å²) in [6.07, 6.45) is 0. The van der Waals surface area contributed by atoms with Gasteiger partial charge in [0.15, 0.2) is 0 Å². The number of hydrogen-bond acceptors (Lipinski definition) is 3. The van der Waals surface area contributed by atoms with Crippen LogP contribution >= 0.6 is 0 Å². The average molecular weight is 243 g/mol. The van der Waals surface area contributed by atoms with Gasteiger partial charge in [0, 0.05) is 12.8 Å². The zero-order valence-corrected chi connectivity index (χ0v) is 10.5. The second kappa shape index (κ2) is 5.32. The van der Waals surface area contributed by atoms with Gasteiger partial charge in [0.1, 0.15) is 0 Å². The predicted octanol–water partition coefficient (Wildman–Crippen LogP) is 1.98. The summed E-state index contributed by atoms with van der Waals surface area (Å²) in [5.41, 5.74) is 1.51. The molecule has 0 aromatic heterocycles. The molecule has 0 aliphatic rings. The Morgan fingerprint density at radius 3 is 2.62 bits per heavy atom. The molecule has 90 valence electrons. The molecule has 0 saturated carbocycles. The molecule has 0 fully saturated rings. The SMILES string of the molecule is COCc1cccc(NS(=O)(=O)C(C)C)c1. The summed E-state index contributed by atoms with van der Waals surface area (Å²) in [6, 6.07) is 7.17. The fraction of sp³-hybridized carbons (Fsp3) is 0.455. The first kappa shape index (κ1) is 13.0. The van der Waals surface area contributed by atoms with Crippen molar-refractivity contribution in [2.24, 2.45) is 0 Å². The highest BCUT2D eigenvalue weighted by atomic mass is 32.2. The highest BCUT2D eigenvalue weighted by molar-refractivity contribution is 7.93. The third-order valence-corrected chi connectivity index (χ3v) is 3.88. The van der Waals surface area contributed by atoms with E-state index in [-0.39, 0.29) is 0 Å². The Hall–Kier alpha value is -1.07. The van der Waals surface area contributed by atoms with E-state index < -0.39 is 15.3 Å². The molecule has 1 aromatic rings. The standard InChI is InChI=1S/C11H17NO3S/c1-9(2)16(13,14)12-11-6-4-5-10(7-11)8-15-3/h4-7,9,12H,8H2,1-3H3. The van der Waals surface area contributed by atoms with Crippen LogP contribution < -0.4 is 4.72 Å².